The predicted molar refractivity (Wildman–Crippen MR) is 78.0 cm³/mol. The van der Waals surface area contributed by atoms with Gasteiger partial charge in [0, 0.05) is 6.54 Å². The molecular weight excluding hydrogens is 248 g/mol. The smallest absolute Gasteiger partial charge is 0.184 e. The highest BCUT2D eigenvalue weighted by Crippen LogP contribution is 2.11. The molecule has 3 N–H and O–H groups in total. The molecule has 0 aliphatic rings. The lowest BCUT2D eigenvalue weighted by Crippen LogP contribution is -2.23. The number of hydrazone groups is 1. The van der Waals surface area contributed by atoms with Crippen molar-refractivity contribution in [3.8, 4) is 5.75 Å². The van der Waals surface area contributed by atoms with Crippen LogP contribution < -0.4 is 15.9 Å². The van der Waals surface area contributed by atoms with Crippen LogP contribution in [-0.4, -0.2) is 43.5 Å². The fourth-order valence-electron chi connectivity index (χ4n) is 1.20. The van der Waals surface area contributed by atoms with Crippen LogP contribution in [0.15, 0.2) is 29.4 Å². The Bertz CT molecular complexity index is 420. The molecule has 1 aromatic carbocycles. The van der Waals surface area contributed by atoms with Gasteiger partial charge in [-0.15, -0.1) is 0 Å². The summed E-state index contributed by atoms with van der Waals surface area (Å²) in [5.41, 5.74) is 8.68. The molecule has 0 fully saturated rings. The van der Waals surface area contributed by atoms with E-state index in [1.165, 1.54) is 0 Å². The summed E-state index contributed by atoms with van der Waals surface area (Å²) in [6.07, 6.45) is 1.64. The topological polar surface area (TPSA) is 62.9 Å². The minimum absolute atomic E-state index is 0.143. The Morgan fingerprint density at radius 3 is 3.00 bits per heavy atom. The largest absolute Gasteiger partial charge is 0.492 e. The Morgan fingerprint density at radius 2 is 2.33 bits per heavy atom. The van der Waals surface area contributed by atoms with Crippen molar-refractivity contribution in [2.75, 3.05) is 27.2 Å². The molecule has 0 saturated carbocycles. The summed E-state index contributed by atoms with van der Waals surface area (Å²) in [6, 6.07) is 7.64. The van der Waals surface area contributed by atoms with Crippen LogP contribution in [0.2, 0.25) is 0 Å². The Balaban J connectivity index is 2.51. The van der Waals surface area contributed by atoms with Crippen LogP contribution in [0, 0.1) is 0 Å². The van der Waals surface area contributed by atoms with Gasteiger partial charge in [-0.1, -0.05) is 12.1 Å². The SMILES string of the molecule is CN(C)CCOc1cccc(C=NNC(N)=S)c1. The van der Waals surface area contributed by atoms with E-state index in [1.54, 1.807) is 6.21 Å². The highest BCUT2D eigenvalue weighted by molar-refractivity contribution is 7.80. The third-order valence-electron chi connectivity index (χ3n) is 2.05. The van der Waals surface area contributed by atoms with Crippen LogP contribution in [0.4, 0.5) is 0 Å². The second kappa shape index (κ2) is 7.62. The summed E-state index contributed by atoms with van der Waals surface area (Å²) in [5.74, 6) is 0.816. The summed E-state index contributed by atoms with van der Waals surface area (Å²) < 4.78 is 5.61. The Kier molecular flexibility index (Phi) is 6.10. The van der Waals surface area contributed by atoms with E-state index < -0.39 is 0 Å². The molecule has 18 heavy (non-hydrogen) atoms. The zero-order valence-corrected chi connectivity index (χ0v) is 11.4. The predicted octanol–water partition coefficient (Wildman–Crippen LogP) is 0.794. The molecule has 1 rings (SSSR count). The molecule has 0 radical (unpaired) electrons. The molecule has 0 aromatic heterocycles. The lowest BCUT2D eigenvalue weighted by Gasteiger charge is -2.11. The molecule has 0 aliphatic carbocycles. The average molecular weight is 266 g/mol. The maximum Gasteiger partial charge on any atom is 0.184 e. The summed E-state index contributed by atoms with van der Waals surface area (Å²) in [4.78, 5) is 2.07. The molecule has 0 saturated heterocycles. The van der Waals surface area contributed by atoms with E-state index >= 15 is 0 Å². The van der Waals surface area contributed by atoms with Crippen molar-refractivity contribution in [3.05, 3.63) is 29.8 Å². The molecule has 0 bridgehead atoms. The van der Waals surface area contributed by atoms with Crippen molar-refractivity contribution < 1.29 is 4.74 Å². The van der Waals surface area contributed by atoms with Gasteiger partial charge in [-0.3, -0.25) is 5.43 Å². The lowest BCUT2D eigenvalue weighted by molar-refractivity contribution is 0.261. The van der Waals surface area contributed by atoms with E-state index in [2.05, 4.69) is 27.6 Å². The number of rotatable bonds is 6. The first-order chi connectivity index (χ1) is 8.58. The third kappa shape index (κ3) is 6.17. The molecule has 0 amide bonds. The van der Waals surface area contributed by atoms with Crippen LogP contribution in [-0.2, 0) is 0 Å². The number of nitrogens with one attached hydrogen (secondary N) is 1. The molecular formula is C12H18N4OS. The molecule has 5 nitrogen and oxygen atoms in total. The zero-order chi connectivity index (χ0) is 13.4. The van der Waals surface area contributed by atoms with E-state index in [0.29, 0.717) is 6.61 Å². The molecule has 0 aliphatic heterocycles. The van der Waals surface area contributed by atoms with Gasteiger partial charge >= 0.3 is 0 Å². The Labute approximate surface area is 113 Å². The number of ether oxygens (including phenoxy) is 1. The second-order valence-corrected chi connectivity index (χ2v) is 4.40. The van der Waals surface area contributed by atoms with E-state index in [-0.39, 0.29) is 5.11 Å². The second-order valence-electron chi connectivity index (χ2n) is 3.96. The molecule has 98 valence electrons. The van der Waals surface area contributed by atoms with Crippen LogP contribution in [0.5, 0.6) is 5.75 Å². The van der Waals surface area contributed by atoms with Crippen LogP contribution >= 0.6 is 12.2 Å². The van der Waals surface area contributed by atoms with Crippen molar-refractivity contribution >= 4 is 23.5 Å². The molecule has 0 heterocycles. The highest BCUT2D eigenvalue weighted by atomic mass is 32.1. The molecule has 1 aromatic rings. The van der Waals surface area contributed by atoms with Gasteiger partial charge in [0.2, 0.25) is 0 Å². The van der Waals surface area contributed by atoms with Crippen molar-refractivity contribution in [2.24, 2.45) is 10.8 Å². The minimum atomic E-state index is 0.143. The van der Waals surface area contributed by atoms with Crippen LogP contribution in [0.25, 0.3) is 0 Å². The Morgan fingerprint density at radius 1 is 1.56 bits per heavy atom. The molecule has 0 unspecified atom stereocenters. The van der Waals surface area contributed by atoms with Crippen molar-refractivity contribution in [3.63, 3.8) is 0 Å². The van der Waals surface area contributed by atoms with E-state index in [0.717, 1.165) is 17.9 Å². The maximum absolute atomic E-state index is 5.61. The summed E-state index contributed by atoms with van der Waals surface area (Å²) in [5, 5.41) is 4.03. The number of nitrogens with two attached hydrogens (primary N) is 1. The van der Waals surface area contributed by atoms with Crippen molar-refractivity contribution in [1.29, 1.82) is 0 Å². The number of nitrogens with zero attached hydrogens (tertiary/aromatic N) is 2. The van der Waals surface area contributed by atoms with Gasteiger partial charge in [0.05, 0.1) is 6.21 Å². The maximum atomic E-state index is 5.61. The third-order valence-corrected chi connectivity index (χ3v) is 2.14. The van der Waals surface area contributed by atoms with Gasteiger partial charge in [-0.2, -0.15) is 5.10 Å². The highest BCUT2D eigenvalue weighted by Gasteiger charge is 1.96. The number of hydrogen-bond donors (Lipinski definition) is 2. The molecule has 6 heteroatoms. The lowest BCUT2D eigenvalue weighted by atomic mass is 10.2. The number of likely N-dealkylation sites (N-methyl/N-ethyl adjacent to an activating group) is 1. The van der Waals surface area contributed by atoms with Crippen molar-refractivity contribution in [2.45, 2.75) is 0 Å². The number of benzene rings is 1. The average Bonchev–Trinajstić information content (AvgIpc) is 2.28. The fourth-order valence-corrected chi connectivity index (χ4v) is 1.25. The first-order valence-electron chi connectivity index (χ1n) is 5.54. The van der Waals surface area contributed by atoms with Gasteiger partial charge in [0.25, 0.3) is 0 Å². The van der Waals surface area contributed by atoms with Gasteiger partial charge < -0.3 is 15.4 Å². The van der Waals surface area contributed by atoms with Crippen LogP contribution in [0.1, 0.15) is 5.56 Å². The van der Waals surface area contributed by atoms with Crippen molar-refractivity contribution in [1.82, 2.24) is 10.3 Å². The molecule has 0 atom stereocenters. The van der Waals surface area contributed by atoms with Gasteiger partial charge in [-0.05, 0) is 44.0 Å². The quantitative estimate of drug-likeness (QED) is 0.453. The number of thiocarbonyl (C=S) groups is 1. The zero-order valence-electron chi connectivity index (χ0n) is 10.6. The monoisotopic (exact) mass is 266 g/mol. The first-order valence-corrected chi connectivity index (χ1v) is 5.95. The van der Waals surface area contributed by atoms with Gasteiger partial charge in [0.1, 0.15) is 12.4 Å². The standard InChI is InChI=1S/C12H18N4OS/c1-16(2)6-7-17-11-5-3-4-10(8-11)9-14-15-12(13)18/h3-5,8-9H,6-7H2,1-2H3,(H3,13,15,18). The van der Waals surface area contributed by atoms with E-state index in [4.69, 9.17) is 10.5 Å². The fraction of sp³-hybridized carbons (Fsp3) is 0.333. The summed E-state index contributed by atoms with van der Waals surface area (Å²) in [6.45, 7) is 1.53. The molecule has 0 spiro atoms. The van der Waals surface area contributed by atoms with Crippen LogP contribution in [0.3, 0.4) is 0 Å². The first kappa shape index (κ1) is 14.4. The normalized spacial score (nSPS) is 10.8. The van der Waals surface area contributed by atoms with Gasteiger partial charge in [-0.25, -0.2) is 0 Å². The van der Waals surface area contributed by atoms with E-state index in [1.807, 2.05) is 38.4 Å². The van der Waals surface area contributed by atoms with E-state index in [9.17, 15) is 0 Å². The Hall–Kier alpha value is -1.66. The summed E-state index contributed by atoms with van der Waals surface area (Å²) in [7, 11) is 4.02. The van der Waals surface area contributed by atoms with Gasteiger partial charge in [0.15, 0.2) is 5.11 Å². The summed E-state index contributed by atoms with van der Waals surface area (Å²) >= 11 is 4.64. The minimum Gasteiger partial charge on any atom is -0.492 e. The number of hydrogen-bond acceptors (Lipinski definition) is 4.